The molecule has 1 atom stereocenters. The van der Waals surface area contributed by atoms with Crippen molar-refractivity contribution in [2.75, 3.05) is 7.11 Å². The molecule has 1 unspecified atom stereocenters. The number of aromatic nitrogens is 1. The molecule has 0 amide bonds. The Kier molecular flexibility index (Phi) is 7.87. The Balaban J connectivity index is 1.56. The van der Waals surface area contributed by atoms with Gasteiger partial charge in [0, 0.05) is 27.0 Å². The van der Waals surface area contributed by atoms with Gasteiger partial charge in [-0.05, 0) is 90.3 Å². The molecular weight excluding hydrogens is 592 g/mol. The summed E-state index contributed by atoms with van der Waals surface area (Å²) in [5.41, 5.74) is 5.70. The first-order valence-corrected chi connectivity index (χ1v) is 15.5. The lowest BCUT2D eigenvalue weighted by Crippen LogP contribution is -2.33. The number of benzene rings is 4. The number of aliphatic hydroxyl groups is 1. The summed E-state index contributed by atoms with van der Waals surface area (Å²) < 4.78 is 21.7. The maximum absolute atomic E-state index is 14.8. The highest BCUT2D eigenvalue weighted by Gasteiger charge is 2.33. The van der Waals surface area contributed by atoms with Crippen molar-refractivity contribution in [2.24, 2.45) is 0 Å². The Morgan fingerprint density at radius 1 is 0.977 bits per heavy atom. The highest BCUT2D eigenvalue weighted by Crippen LogP contribution is 2.47. The third kappa shape index (κ3) is 5.31. The predicted molar refractivity (Wildman–Crippen MR) is 175 cm³/mol. The lowest BCUT2D eigenvalue weighted by atomic mass is 9.93. The van der Waals surface area contributed by atoms with Crippen LogP contribution in [0, 0.1) is 24.1 Å². The van der Waals surface area contributed by atoms with Gasteiger partial charge in [-0.2, -0.15) is 5.26 Å². The van der Waals surface area contributed by atoms with Gasteiger partial charge in [-0.25, -0.2) is 9.18 Å². The smallest absolute Gasteiger partial charge is 0.342 e. The van der Waals surface area contributed by atoms with Crippen molar-refractivity contribution in [1.82, 2.24) is 3.97 Å². The Hall–Kier alpha value is -4.68. The third-order valence-corrected chi connectivity index (χ3v) is 9.50. The molecule has 0 radical (unpaired) electrons. The molecule has 0 aliphatic rings. The first-order chi connectivity index (χ1) is 21.2. The van der Waals surface area contributed by atoms with Crippen molar-refractivity contribution < 1.29 is 19.0 Å². The molecule has 5 nitrogen and oxygen atoms in total. The summed E-state index contributed by atoms with van der Waals surface area (Å²) >= 11 is 2.90. The minimum Gasteiger partial charge on any atom is -0.467 e. The molecule has 218 valence electrons. The number of halogens is 1. The number of hydrogen-bond acceptors (Lipinski definition) is 6. The number of fused-ring (bicyclic) bond motifs is 1. The number of thiophene rings is 1. The second-order valence-corrected chi connectivity index (χ2v) is 12.5. The van der Waals surface area contributed by atoms with Crippen molar-refractivity contribution in [1.29, 1.82) is 5.26 Å². The van der Waals surface area contributed by atoms with Gasteiger partial charge in [0.15, 0.2) is 5.60 Å². The number of hydrogen-bond donors (Lipinski definition) is 1. The lowest BCUT2D eigenvalue weighted by molar-refractivity contribution is -0.161. The van der Waals surface area contributed by atoms with E-state index in [4.69, 9.17) is 4.74 Å². The second-order valence-electron chi connectivity index (χ2n) is 10.6. The Labute approximate surface area is 262 Å². The van der Waals surface area contributed by atoms with Gasteiger partial charge in [0.25, 0.3) is 0 Å². The quantitative estimate of drug-likeness (QED) is 0.181. The van der Waals surface area contributed by atoms with Crippen LogP contribution in [0.15, 0.2) is 107 Å². The van der Waals surface area contributed by atoms with Crippen molar-refractivity contribution in [2.45, 2.75) is 24.3 Å². The van der Waals surface area contributed by atoms with Gasteiger partial charge in [0.1, 0.15) is 16.8 Å². The van der Waals surface area contributed by atoms with Crippen LogP contribution in [-0.4, -0.2) is 22.2 Å². The molecule has 2 heterocycles. The van der Waals surface area contributed by atoms with Gasteiger partial charge in [0.2, 0.25) is 0 Å². The molecule has 44 heavy (non-hydrogen) atoms. The average Bonchev–Trinajstić information content (AvgIpc) is 3.63. The van der Waals surface area contributed by atoms with E-state index in [1.54, 1.807) is 18.2 Å². The first kappa shape index (κ1) is 29.4. The summed E-state index contributed by atoms with van der Waals surface area (Å²) in [7, 11) is 1.24. The molecular formula is C36H27FN2O3S2. The second kappa shape index (κ2) is 11.8. The molecule has 0 saturated carbocycles. The van der Waals surface area contributed by atoms with Crippen LogP contribution < -0.4 is 0 Å². The number of ether oxygens (including phenoxy) is 1. The summed E-state index contributed by atoms with van der Waals surface area (Å²) in [6.07, 6.45) is 0. The summed E-state index contributed by atoms with van der Waals surface area (Å²) in [5, 5.41) is 23.3. The maximum atomic E-state index is 14.8. The number of aryl methyl sites for hydroxylation is 1. The van der Waals surface area contributed by atoms with Gasteiger partial charge < -0.3 is 9.84 Å². The largest absolute Gasteiger partial charge is 0.467 e. The molecule has 6 aromatic rings. The van der Waals surface area contributed by atoms with Gasteiger partial charge in [0.05, 0.1) is 18.3 Å². The van der Waals surface area contributed by atoms with Gasteiger partial charge in [-0.15, -0.1) is 11.3 Å². The van der Waals surface area contributed by atoms with Crippen molar-refractivity contribution in [3.63, 3.8) is 0 Å². The first-order valence-electron chi connectivity index (χ1n) is 13.8. The van der Waals surface area contributed by atoms with E-state index >= 15 is 0 Å². The SMILES string of the molecule is COC(=O)C(C)(O)c1ccc(-c2cccc(-c3c(-c4ccsc4C#N)c4cc(F)ccc4n3Sc3ccc(C)cc3)c2)cc1. The van der Waals surface area contributed by atoms with Crippen LogP contribution in [0.5, 0.6) is 0 Å². The number of rotatable bonds is 7. The van der Waals surface area contributed by atoms with E-state index < -0.39 is 11.6 Å². The Bertz CT molecular complexity index is 2050. The van der Waals surface area contributed by atoms with Crippen LogP contribution in [0.25, 0.3) is 44.4 Å². The number of nitriles is 1. The number of methoxy groups -OCH3 is 1. The third-order valence-electron chi connectivity index (χ3n) is 7.64. The Morgan fingerprint density at radius 2 is 1.70 bits per heavy atom. The van der Waals surface area contributed by atoms with Gasteiger partial charge in [-0.1, -0.05) is 60.2 Å². The molecule has 1 N–H and O–H groups in total. The van der Waals surface area contributed by atoms with Crippen LogP contribution in [0.2, 0.25) is 0 Å². The van der Waals surface area contributed by atoms with Crippen LogP contribution >= 0.6 is 23.3 Å². The number of carbonyl (C=O) groups excluding carboxylic acids is 1. The fourth-order valence-corrected chi connectivity index (χ4v) is 7.02. The fourth-order valence-electron chi connectivity index (χ4n) is 5.31. The normalized spacial score (nSPS) is 12.5. The van der Waals surface area contributed by atoms with Crippen LogP contribution in [-0.2, 0) is 15.1 Å². The number of esters is 1. The average molecular weight is 619 g/mol. The van der Waals surface area contributed by atoms with Crippen LogP contribution in [0.1, 0.15) is 22.9 Å². The van der Waals surface area contributed by atoms with Crippen LogP contribution in [0.4, 0.5) is 4.39 Å². The lowest BCUT2D eigenvalue weighted by Gasteiger charge is -2.21. The number of carbonyl (C=O) groups is 1. The van der Waals surface area contributed by atoms with E-state index in [0.29, 0.717) is 15.8 Å². The molecule has 0 bridgehead atoms. The molecule has 6 rings (SSSR count). The van der Waals surface area contributed by atoms with E-state index in [9.17, 15) is 19.6 Å². The van der Waals surface area contributed by atoms with Crippen molar-refractivity contribution in [3.05, 3.63) is 124 Å². The molecule has 8 heteroatoms. The summed E-state index contributed by atoms with van der Waals surface area (Å²) in [5.74, 6) is -1.09. The van der Waals surface area contributed by atoms with E-state index in [1.807, 2.05) is 48.7 Å². The molecule has 0 aliphatic heterocycles. The van der Waals surface area contributed by atoms with E-state index in [-0.39, 0.29) is 5.82 Å². The fraction of sp³-hybridized carbons (Fsp3) is 0.111. The summed E-state index contributed by atoms with van der Waals surface area (Å²) in [4.78, 5) is 13.7. The molecule has 0 fully saturated rings. The minimum atomic E-state index is -1.77. The monoisotopic (exact) mass is 618 g/mol. The van der Waals surface area contributed by atoms with E-state index in [0.717, 1.165) is 49.5 Å². The summed E-state index contributed by atoms with van der Waals surface area (Å²) in [6.45, 7) is 3.45. The highest BCUT2D eigenvalue weighted by molar-refractivity contribution is 7.98. The molecule has 4 aromatic carbocycles. The topological polar surface area (TPSA) is 75.2 Å². The zero-order valence-corrected chi connectivity index (χ0v) is 25.8. The summed E-state index contributed by atoms with van der Waals surface area (Å²) in [6, 6.07) is 32.4. The zero-order valence-electron chi connectivity index (χ0n) is 24.2. The molecule has 0 spiro atoms. The van der Waals surface area contributed by atoms with E-state index in [1.165, 1.54) is 49.5 Å². The van der Waals surface area contributed by atoms with Crippen molar-refractivity contribution >= 4 is 40.2 Å². The molecule has 2 aromatic heterocycles. The Morgan fingerprint density at radius 3 is 2.41 bits per heavy atom. The highest BCUT2D eigenvalue weighted by atomic mass is 32.2. The standard InChI is InChI=1S/C36H27FN2O3S2/c1-22-7-14-28(15-8-22)44-39-31-16-13-27(37)20-30(31)33(29-17-18-43-32(29)21-38)34(39)25-6-4-5-24(19-25)23-9-11-26(12-10-23)36(2,41)35(40)42-3/h4-20,41H,1-3H3. The maximum Gasteiger partial charge on any atom is 0.342 e. The van der Waals surface area contributed by atoms with Gasteiger partial charge in [-0.3, -0.25) is 3.97 Å². The zero-order chi connectivity index (χ0) is 31.0. The minimum absolute atomic E-state index is 0.354. The van der Waals surface area contributed by atoms with Gasteiger partial charge >= 0.3 is 5.97 Å². The van der Waals surface area contributed by atoms with Crippen molar-refractivity contribution in [3.8, 4) is 39.6 Å². The predicted octanol–water partition coefficient (Wildman–Crippen LogP) is 8.96. The van der Waals surface area contributed by atoms with E-state index in [2.05, 4.69) is 40.4 Å². The molecule has 0 saturated heterocycles. The van der Waals surface area contributed by atoms with Crippen LogP contribution in [0.3, 0.4) is 0 Å². The molecule has 0 aliphatic carbocycles. The number of nitrogens with zero attached hydrogens (tertiary/aromatic N) is 2.